The van der Waals surface area contributed by atoms with E-state index in [-0.39, 0.29) is 0 Å². The molecular formula is C22H19N5. The predicted octanol–water partition coefficient (Wildman–Crippen LogP) is 3.69. The minimum Gasteiger partial charge on any atom is -0.369 e. The number of anilines is 2. The molecule has 2 aromatic carbocycles. The molecule has 27 heavy (non-hydrogen) atoms. The Balaban J connectivity index is 1.67. The van der Waals surface area contributed by atoms with Crippen molar-refractivity contribution in [1.29, 1.82) is 10.5 Å². The Labute approximate surface area is 158 Å². The fourth-order valence-corrected chi connectivity index (χ4v) is 3.78. The second kappa shape index (κ2) is 7.35. The molecule has 1 aliphatic rings. The minimum absolute atomic E-state index is 0.611. The maximum absolute atomic E-state index is 9.61. The Bertz CT molecular complexity index is 1060. The zero-order valence-corrected chi connectivity index (χ0v) is 15.0. The number of rotatable bonds is 2. The average Bonchev–Trinajstić information content (AvgIpc) is 2.98. The van der Waals surface area contributed by atoms with Gasteiger partial charge in [-0.2, -0.15) is 10.5 Å². The third-order valence-corrected chi connectivity index (χ3v) is 5.04. The van der Waals surface area contributed by atoms with Crippen LogP contribution in [0.3, 0.4) is 0 Å². The molecule has 1 aliphatic heterocycles. The van der Waals surface area contributed by atoms with Crippen LogP contribution in [-0.4, -0.2) is 31.2 Å². The average molecular weight is 353 g/mol. The minimum atomic E-state index is 0.611. The topological polar surface area (TPSA) is 67.0 Å². The van der Waals surface area contributed by atoms with Gasteiger partial charge in [-0.05, 0) is 24.6 Å². The number of aromatic nitrogens is 1. The fraction of sp³-hybridized carbons (Fsp3) is 0.227. The van der Waals surface area contributed by atoms with E-state index in [9.17, 15) is 10.5 Å². The molecule has 3 aromatic rings. The van der Waals surface area contributed by atoms with Crippen molar-refractivity contribution in [1.82, 2.24) is 4.98 Å². The lowest BCUT2D eigenvalue weighted by Crippen LogP contribution is -2.31. The normalized spacial score (nSPS) is 14.4. The molecule has 1 aromatic heterocycles. The van der Waals surface area contributed by atoms with Crippen LogP contribution in [0.5, 0.6) is 0 Å². The van der Waals surface area contributed by atoms with E-state index in [1.807, 2.05) is 48.5 Å². The molecule has 0 unspecified atom stereocenters. The van der Waals surface area contributed by atoms with Gasteiger partial charge in [0.1, 0.15) is 12.1 Å². The van der Waals surface area contributed by atoms with Gasteiger partial charge in [0.2, 0.25) is 0 Å². The first kappa shape index (κ1) is 16.9. The molecule has 5 nitrogen and oxygen atoms in total. The van der Waals surface area contributed by atoms with Gasteiger partial charge >= 0.3 is 0 Å². The summed E-state index contributed by atoms with van der Waals surface area (Å²) in [6.45, 7) is 3.36. The van der Waals surface area contributed by atoms with E-state index in [2.05, 4.69) is 26.9 Å². The standard InChI is InChI=1S/C22H19N5/c23-14-17-6-1-4-9-21(17)26-10-5-11-27(13-12-26)22-18(15-24)16-25-20-8-3-2-7-19(20)22/h1-4,6-9,16H,5,10-13H2. The Morgan fingerprint density at radius 1 is 0.778 bits per heavy atom. The highest BCUT2D eigenvalue weighted by Gasteiger charge is 2.21. The molecule has 0 atom stereocenters. The first-order chi connectivity index (χ1) is 13.3. The summed E-state index contributed by atoms with van der Waals surface area (Å²) in [7, 11) is 0. The van der Waals surface area contributed by atoms with Crippen molar-refractivity contribution in [3.05, 3.63) is 65.9 Å². The first-order valence-electron chi connectivity index (χ1n) is 9.08. The highest BCUT2D eigenvalue weighted by Crippen LogP contribution is 2.31. The van der Waals surface area contributed by atoms with Crippen molar-refractivity contribution in [2.75, 3.05) is 36.0 Å². The molecular weight excluding hydrogens is 334 g/mol. The maximum atomic E-state index is 9.61. The molecule has 0 N–H and O–H groups in total. The van der Waals surface area contributed by atoms with Gasteiger partial charge in [-0.3, -0.25) is 4.98 Å². The van der Waals surface area contributed by atoms with Gasteiger partial charge in [0.05, 0.1) is 28.0 Å². The second-order valence-corrected chi connectivity index (χ2v) is 6.61. The van der Waals surface area contributed by atoms with Crippen molar-refractivity contribution < 1.29 is 0 Å². The lowest BCUT2D eigenvalue weighted by atomic mass is 10.1. The quantitative estimate of drug-likeness (QED) is 0.703. The highest BCUT2D eigenvalue weighted by atomic mass is 15.2. The van der Waals surface area contributed by atoms with Crippen molar-refractivity contribution in [2.24, 2.45) is 0 Å². The Kier molecular flexibility index (Phi) is 4.60. The van der Waals surface area contributed by atoms with Gasteiger partial charge in [0.15, 0.2) is 0 Å². The van der Waals surface area contributed by atoms with Gasteiger partial charge in [-0.1, -0.05) is 30.3 Å². The van der Waals surface area contributed by atoms with Crippen LogP contribution < -0.4 is 9.80 Å². The molecule has 2 heterocycles. The number of benzene rings is 2. The van der Waals surface area contributed by atoms with Crippen molar-refractivity contribution in [3.8, 4) is 12.1 Å². The van der Waals surface area contributed by atoms with Crippen LogP contribution in [0.4, 0.5) is 11.4 Å². The summed E-state index contributed by atoms with van der Waals surface area (Å²) in [5.74, 6) is 0. The summed E-state index contributed by atoms with van der Waals surface area (Å²) in [6.07, 6.45) is 2.63. The molecule has 0 aliphatic carbocycles. The van der Waals surface area contributed by atoms with Gasteiger partial charge in [0.25, 0.3) is 0 Å². The maximum Gasteiger partial charge on any atom is 0.103 e. The number of pyridine rings is 1. The van der Waals surface area contributed by atoms with E-state index in [1.165, 1.54) is 0 Å². The van der Waals surface area contributed by atoms with Crippen LogP contribution in [0.25, 0.3) is 10.9 Å². The van der Waals surface area contributed by atoms with E-state index in [4.69, 9.17) is 0 Å². The van der Waals surface area contributed by atoms with Gasteiger partial charge in [-0.15, -0.1) is 0 Å². The summed E-state index contributed by atoms with van der Waals surface area (Å²) in [5, 5.41) is 20.0. The van der Waals surface area contributed by atoms with Crippen LogP contribution in [0.2, 0.25) is 0 Å². The zero-order valence-electron chi connectivity index (χ0n) is 15.0. The number of nitrogens with zero attached hydrogens (tertiary/aromatic N) is 5. The van der Waals surface area contributed by atoms with Crippen LogP contribution in [0.1, 0.15) is 17.5 Å². The largest absolute Gasteiger partial charge is 0.369 e. The first-order valence-corrected chi connectivity index (χ1v) is 9.08. The molecule has 4 rings (SSSR count). The van der Waals surface area contributed by atoms with Gasteiger partial charge in [-0.25, -0.2) is 0 Å². The van der Waals surface area contributed by atoms with Gasteiger partial charge < -0.3 is 9.80 Å². The summed E-state index contributed by atoms with van der Waals surface area (Å²) in [4.78, 5) is 8.98. The number of hydrogen-bond donors (Lipinski definition) is 0. The van der Waals surface area contributed by atoms with Crippen LogP contribution in [-0.2, 0) is 0 Å². The number of para-hydroxylation sites is 2. The Morgan fingerprint density at radius 2 is 1.48 bits per heavy atom. The summed E-state index contributed by atoms with van der Waals surface area (Å²) in [5.41, 5.74) is 4.18. The molecule has 132 valence electrons. The number of fused-ring (bicyclic) bond motifs is 1. The number of nitriles is 2. The molecule has 1 fully saturated rings. The molecule has 0 amide bonds. The molecule has 0 spiro atoms. The second-order valence-electron chi connectivity index (χ2n) is 6.61. The smallest absolute Gasteiger partial charge is 0.103 e. The van der Waals surface area contributed by atoms with E-state index in [0.717, 1.165) is 54.9 Å². The molecule has 0 bridgehead atoms. The third kappa shape index (κ3) is 3.16. The summed E-state index contributed by atoms with van der Waals surface area (Å²) >= 11 is 0. The monoisotopic (exact) mass is 353 g/mol. The molecule has 0 radical (unpaired) electrons. The zero-order chi connectivity index (χ0) is 18.6. The molecule has 1 saturated heterocycles. The van der Waals surface area contributed by atoms with E-state index in [0.29, 0.717) is 11.1 Å². The van der Waals surface area contributed by atoms with Gasteiger partial charge in [0, 0.05) is 37.8 Å². The molecule has 0 saturated carbocycles. The van der Waals surface area contributed by atoms with Crippen LogP contribution in [0, 0.1) is 22.7 Å². The molecule has 5 heteroatoms. The third-order valence-electron chi connectivity index (χ3n) is 5.04. The van der Waals surface area contributed by atoms with E-state index in [1.54, 1.807) is 6.20 Å². The summed E-state index contributed by atoms with van der Waals surface area (Å²) < 4.78 is 0. The summed E-state index contributed by atoms with van der Waals surface area (Å²) in [6, 6.07) is 20.3. The Morgan fingerprint density at radius 3 is 2.33 bits per heavy atom. The Hall–Kier alpha value is -3.57. The SMILES string of the molecule is N#Cc1ccccc1N1CCCN(c2c(C#N)cnc3ccccc23)CC1. The fourth-order valence-electron chi connectivity index (χ4n) is 3.78. The van der Waals surface area contributed by atoms with Crippen molar-refractivity contribution >= 4 is 22.3 Å². The van der Waals surface area contributed by atoms with E-state index >= 15 is 0 Å². The van der Waals surface area contributed by atoms with Crippen LogP contribution in [0.15, 0.2) is 54.7 Å². The predicted molar refractivity (Wildman–Crippen MR) is 107 cm³/mol. The number of hydrogen-bond acceptors (Lipinski definition) is 5. The van der Waals surface area contributed by atoms with Crippen molar-refractivity contribution in [2.45, 2.75) is 6.42 Å². The lowest BCUT2D eigenvalue weighted by Gasteiger charge is -2.26. The van der Waals surface area contributed by atoms with E-state index < -0.39 is 0 Å². The van der Waals surface area contributed by atoms with Crippen LogP contribution >= 0.6 is 0 Å². The van der Waals surface area contributed by atoms with Crippen molar-refractivity contribution in [3.63, 3.8) is 0 Å². The lowest BCUT2D eigenvalue weighted by molar-refractivity contribution is 0.806. The highest BCUT2D eigenvalue weighted by molar-refractivity contribution is 5.94.